The summed E-state index contributed by atoms with van der Waals surface area (Å²) in [4.78, 5) is 36.7. The van der Waals surface area contributed by atoms with Crippen molar-refractivity contribution in [2.24, 2.45) is 0 Å². The van der Waals surface area contributed by atoms with E-state index in [0.717, 1.165) is 0 Å². The third-order valence-corrected chi connectivity index (χ3v) is 3.51. The van der Waals surface area contributed by atoms with Crippen molar-refractivity contribution in [3.63, 3.8) is 0 Å². The minimum atomic E-state index is -0.603. The molecule has 23 heavy (non-hydrogen) atoms. The maximum Gasteiger partial charge on any atom is 0.408 e. The Labute approximate surface area is 142 Å². The van der Waals surface area contributed by atoms with E-state index in [4.69, 9.17) is 16.3 Å². The molecule has 132 valence electrons. The summed E-state index contributed by atoms with van der Waals surface area (Å²) in [5.41, 5.74) is -0.591. The first kappa shape index (κ1) is 19.5. The summed E-state index contributed by atoms with van der Waals surface area (Å²) in [6, 6.07) is 0.0774. The molecule has 0 spiro atoms. The Balaban J connectivity index is 2.27. The number of alkyl carbamates (subject to hydrolysis) is 1. The van der Waals surface area contributed by atoms with Gasteiger partial charge in [0.05, 0.1) is 0 Å². The second-order valence-corrected chi connectivity index (χ2v) is 6.89. The van der Waals surface area contributed by atoms with Gasteiger partial charge in [0.15, 0.2) is 0 Å². The quantitative estimate of drug-likeness (QED) is 0.733. The molecule has 0 aromatic carbocycles. The van der Waals surface area contributed by atoms with E-state index in [0.29, 0.717) is 38.2 Å². The van der Waals surface area contributed by atoms with Gasteiger partial charge in [-0.25, -0.2) is 4.79 Å². The summed E-state index contributed by atoms with van der Waals surface area (Å²) in [7, 11) is 0. The Bertz CT molecular complexity index is 429. The number of piperidine rings is 1. The van der Waals surface area contributed by atoms with E-state index in [9.17, 15) is 14.4 Å². The van der Waals surface area contributed by atoms with Gasteiger partial charge in [0.2, 0.25) is 11.8 Å². The van der Waals surface area contributed by atoms with Gasteiger partial charge < -0.3 is 20.3 Å². The summed E-state index contributed by atoms with van der Waals surface area (Å²) in [5.74, 6) is 0.0947. The van der Waals surface area contributed by atoms with Crippen molar-refractivity contribution in [1.82, 2.24) is 15.5 Å². The van der Waals surface area contributed by atoms with E-state index in [2.05, 4.69) is 10.6 Å². The smallest absolute Gasteiger partial charge is 0.408 e. The summed E-state index contributed by atoms with van der Waals surface area (Å²) in [5, 5.41) is 5.36. The van der Waals surface area contributed by atoms with Crippen molar-refractivity contribution < 1.29 is 19.1 Å². The fourth-order valence-electron chi connectivity index (χ4n) is 2.23. The number of nitrogens with one attached hydrogen (secondary N) is 2. The maximum absolute atomic E-state index is 12.1. The van der Waals surface area contributed by atoms with Crippen LogP contribution in [0.3, 0.4) is 0 Å². The Morgan fingerprint density at radius 3 is 2.35 bits per heavy atom. The van der Waals surface area contributed by atoms with E-state index < -0.39 is 11.7 Å². The van der Waals surface area contributed by atoms with Crippen LogP contribution in [0.5, 0.6) is 0 Å². The Morgan fingerprint density at radius 2 is 1.83 bits per heavy atom. The van der Waals surface area contributed by atoms with Gasteiger partial charge in [-0.05, 0) is 33.6 Å². The zero-order chi connectivity index (χ0) is 17.5. The first-order chi connectivity index (χ1) is 10.7. The van der Waals surface area contributed by atoms with Crippen LogP contribution in [0.2, 0.25) is 0 Å². The fourth-order valence-corrected chi connectivity index (χ4v) is 2.40. The van der Waals surface area contributed by atoms with Gasteiger partial charge >= 0.3 is 6.09 Å². The molecule has 0 bridgehead atoms. The average Bonchev–Trinajstić information content (AvgIpc) is 2.44. The number of nitrogens with zero attached hydrogens (tertiary/aromatic N) is 1. The zero-order valence-corrected chi connectivity index (χ0v) is 14.7. The monoisotopic (exact) mass is 347 g/mol. The number of hydrogen-bond acceptors (Lipinski definition) is 4. The van der Waals surface area contributed by atoms with E-state index in [1.807, 2.05) is 0 Å². The summed E-state index contributed by atoms with van der Waals surface area (Å²) in [6.07, 6.45) is 1.10. The van der Waals surface area contributed by atoms with Gasteiger partial charge in [0.1, 0.15) is 12.1 Å². The Morgan fingerprint density at radius 1 is 1.22 bits per heavy atom. The number of rotatable bonds is 5. The first-order valence-corrected chi connectivity index (χ1v) is 8.34. The molecule has 1 aliphatic rings. The molecule has 1 rings (SSSR count). The van der Waals surface area contributed by atoms with Crippen LogP contribution in [0.25, 0.3) is 0 Å². The lowest BCUT2D eigenvalue weighted by Gasteiger charge is -2.32. The van der Waals surface area contributed by atoms with Crippen LogP contribution in [0.15, 0.2) is 0 Å². The molecule has 1 aliphatic heterocycles. The predicted molar refractivity (Wildman–Crippen MR) is 87.3 cm³/mol. The molecular weight excluding hydrogens is 322 g/mol. The number of ether oxygens (including phenoxy) is 1. The topological polar surface area (TPSA) is 87.7 Å². The summed E-state index contributed by atoms with van der Waals surface area (Å²) >= 11 is 5.52. The number of carbonyl (C=O) groups is 3. The molecule has 2 N–H and O–H groups in total. The highest BCUT2D eigenvalue weighted by Crippen LogP contribution is 2.11. The van der Waals surface area contributed by atoms with E-state index in [-0.39, 0.29) is 24.4 Å². The van der Waals surface area contributed by atoms with Crippen molar-refractivity contribution in [2.45, 2.75) is 51.7 Å². The van der Waals surface area contributed by atoms with Crippen LogP contribution in [-0.4, -0.2) is 60.0 Å². The summed E-state index contributed by atoms with van der Waals surface area (Å²) < 4.78 is 5.08. The van der Waals surface area contributed by atoms with Crippen molar-refractivity contribution in [3.05, 3.63) is 0 Å². The summed E-state index contributed by atoms with van der Waals surface area (Å²) in [6.45, 7) is 6.31. The highest BCUT2D eigenvalue weighted by molar-refractivity contribution is 6.18. The third-order valence-electron chi connectivity index (χ3n) is 3.32. The van der Waals surface area contributed by atoms with Crippen molar-refractivity contribution in [1.29, 1.82) is 0 Å². The molecule has 0 aliphatic carbocycles. The van der Waals surface area contributed by atoms with Crippen molar-refractivity contribution >= 4 is 29.5 Å². The highest BCUT2D eigenvalue weighted by Gasteiger charge is 2.24. The van der Waals surface area contributed by atoms with Crippen LogP contribution in [0.1, 0.15) is 40.0 Å². The SMILES string of the molecule is CC(C)(C)OC(=O)NCC(=O)N1CCC(NC(=O)CCCl)CC1. The van der Waals surface area contributed by atoms with E-state index >= 15 is 0 Å². The van der Waals surface area contributed by atoms with Crippen molar-refractivity contribution in [3.8, 4) is 0 Å². The lowest BCUT2D eigenvalue weighted by atomic mass is 10.0. The molecule has 1 saturated heterocycles. The molecule has 0 radical (unpaired) electrons. The number of likely N-dealkylation sites (tertiary alicyclic amines) is 1. The molecule has 0 unspecified atom stereocenters. The van der Waals surface area contributed by atoms with Gasteiger partial charge in [0, 0.05) is 31.4 Å². The minimum Gasteiger partial charge on any atom is -0.444 e. The number of hydrogen-bond donors (Lipinski definition) is 2. The molecule has 8 heteroatoms. The van der Waals surface area contributed by atoms with E-state index in [1.165, 1.54) is 0 Å². The number of amides is 3. The maximum atomic E-state index is 12.1. The van der Waals surface area contributed by atoms with Gasteiger partial charge in [-0.1, -0.05) is 0 Å². The first-order valence-electron chi connectivity index (χ1n) is 7.81. The highest BCUT2D eigenvalue weighted by atomic mass is 35.5. The normalized spacial score (nSPS) is 15.9. The number of alkyl halides is 1. The molecule has 0 atom stereocenters. The van der Waals surface area contributed by atoms with Crippen LogP contribution in [-0.2, 0) is 14.3 Å². The van der Waals surface area contributed by atoms with Crippen LogP contribution >= 0.6 is 11.6 Å². The van der Waals surface area contributed by atoms with Gasteiger partial charge in [-0.3, -0.25) is 9.59 Å². The second-order valence-electron chi connectivity index (χ2n) is 6.52. The Kier molecular flexibility index (Phi) is 7.61. The molecule has 0 aromatic heterocycles. The molecule has 0 aromatic rings. The number of carbonyl (C=O) groups excluding carboxylic acids is 3. The molecule has 3 amide bonds. The van der Waals surface area contributed by atoms with Gasteiger partial charge in [0.25, 0.3) is 0 Å². The molecule has 7 nitrogen and oxygen atoms in total. The van der Waals surface area contributed by atoms with Crippen molar-refractivity contribution in [2.75, 3.05) is 25.5 Å². The lowest BCUT2D eigenvalue weighted by Crippen LogP contribution is -2.49. The third kappa shape index (κ3) is 8.06. The lowest BCUT2D eigenvalue weighted by molar-refractivity contribution is -0.131. The predicted octanol–water partition coefficient (Wildman–Crippen LogP) is 1.25. The van der Waals surface area contributed by atoms with Gasteiger partial charge in [-0.2, -0.15) is 0 Å². The zero-order valence-electron chi connectivity index (χ0n) is 14.0. The average molecular weight is 348 g/mol. The second kappa shape index (κ2) is 8.96. The Hall–Kier alpha value is -1.50. The standard InChI is InChI=1S/C15H26ClN3O4/c1-15(2,3)23-14(22)17-10-13(21)19-8-5-11(6-9-19)18-12(20)4-7-16/h11H,4-10H2,1-3H3,(H,17,22)(H,18,20). The largest absolute Gasteiger partial charge is 0.444 e. The fraction of sp³-hybridized carbons (Fsp3) is 0.800. The van der Waals surface area contributed by atoms with Gasteiger partial charge in [-0.15, -0.1) is 11.6 Å². The molecule has 0 saturated carbocycles. The molecule has 1 fully saturated rings. The molecule has 1 heterocycles. The molecular formula is C15H26ClN3O4. The van der Waals surface area contributed by atoms with Crippen LogP contribution < -0.4 is 10.6 Å². The van der Waals surface area contributed by atoms with Crippen LogP contribution in [0, 0.1) is 0 Å². The number of halogens is 1. The minimum absolute atomic E-state index is 0.0589. The van der Waals surface area contributed by atoms with E-state index in [1.54, 1.807) is 25.7 Å². The van der Waals surface area contributed by atoms with Crippen LogP contribution in [0.4, 0.5) is 4.79 Å².